The van der Waals surface area contributed by atoms with E-state index in [0.717, 1.165) is 87.2 Å². The molecule has 0 amide bonds. The minimum Gasteiger partial charge on any atom is -0.479 e. The van der Waals surface area contributed by atoms with Crippen molar-refractivity contribution in [2.45, 2.75) is 63.1 Å². The summed E-state index contributed by atoms with van der Waals surface area (Å²) >= 11 is 14.2. The van der Waals surface area contributed by atoms with Crippen LogP contribution in [0.2, 0.25) is 0 Å². The minimum atomic E-state index is -0.794. The van der Waals surface area contributed by atoms with Crippen molar-refractivity contribution < 1.29 is 19.4 Å². The molecular formula is C31H42Cl2N2O4S. The fourth-order valence-corrected chi connectivity index (χ4v) is 8.01. The monoisotopic (exact) mass is 608 g/mol. The molecule has 0 saturated carbocycles. The zero-order valence-electron chi connectivity index (χ0n) is 23.5. The lowest BCUT2D eigenvalue weighted by molar-refractivity contribution is -0.164. The molecule has 6 rings (SSSR count). The number of hydrogen-bond donors (Lipinski definition) is 1. The van der Waals surface area contributed by atoms with Crippen LogP contribution in [0.5, 0.6) is 0 Å². The highest BCUT2D eigenvalue weighted by molar-refractivity contribution is 7.07. The van der Waals surface area contributed by atoms with Crippen molar-refractivity contribution in [1.29, 1.82) is 0 Å². The van der Waals surface area contributed by atoms with E-state index in [-0.39, 0.29) is 11.0 Å². The number of carboxylic acids is 1. The fourth-order valence-electron chi connectivity index (χ4n) is 6.99. The van der Waals surface area contributed by atoms with Crippen molar-refractivity contribution in [3.63, 3.8) is 0 Å². The second kappa shape index (κ2) is 13.4. The Kier molecular flexibility index (Phi) is 10.1. The third-order valence-corrected chi connectivity index (χ3v) is 10.7. The number of thiophene rings is 1. The zero-order chi connectivity index (χ0) is 28.2. The largest absolute Gasteiger partial charge is 0.479 e. The van der Waals surface area contributed by atoms with Crippen molar-refractivity contribution in [3.05, 3.63) is 56.3 Å². The van der Waals surface area contributed by atoms with Gasteiger partial charge in [-0.2, -0.15) is 11.3 Å². The molecule has 9 heteroatoms. The predicted octanol–water partition coefficient (Wildman–Crippen LogP) is 6.31. The fraction of sp³-hybridized carbons (Fsp3) is 0.645. The van der Waals surface area contributed by atoms with Crippen LogP contribution in [0.15, 0.2) is 50.7 Å². The van der Waals surface area contributed by atoms with Crippen molar-refractivity contribution in [2.75, 3.05) is 53.0 Å². The van der Waals surface area contributed by atoms with Gasteiger partial charge in [-0.15, -0.1) is 0 Å². The summed E-state index contributed by atoms with van der Waals surface area (Å²) in [7, 11) is 2.11. The number of rotatable bonds is 5. The number of allylic oxidation sites excluding steroid dienone is 4. The number of nitrogens with zero attached hydrogens (tertiary/aromatic N) is 2. The van der Waals surface area contributed by atoms with E-state index in [9.17, 15) is 9.90 Å². The molecule has 0 aromatic carbocycles. The molecule has 220 valence electrons. The highest BCUT2D eigenvalue weighted by atomic mass is 35.5. The Morgan fingerprint density at radius 3 is 2.62 bits per heavy atom. The number of piperidine rings is 1. The Morgan fingerprint density at radius 1 is 1.15 bits per heavy atom. The molecule has 1 N–H and O–H groups in total. The lowest BCUT2D eigenvalue weighted by Gasteiger charge is -2.38. The van der Waals surface area contributed by atoms with E-state index in [4.69, 9.17) is 32.7 Å². The average molecular weight is 610 g/mol. The van der Waals surface area contributed by atoms with Crippen LogP contribution in [0.3, 0.4) is 0 Å². The third-order valence-electron chi connectivity index (χ3n) is 9.33. The molecule has 1 aromatic rings. The Hall–Kier alpha value is -1.19. The summed E-state index contributed by atoms with van der Waals surface area (Å²) < 4.78 is 11.5. The van der Waals surface area contributed by atoms with Gasteiger partial charge in [0.15, 0.2) is 6.10 Å². The molecule has 4 saturated heterocycles. The summed E-state index contributed by atoms with van der Waals surface area (Å²) in [4.78, 5) is 16.4. The van der Waals surface area contributed by atoms with Crippen LogP contribution in [-0.4, -0.2) is 85.6 Å². The number of likely N-dealkylation sites (tertiary alicyclic amines) is 2. The first-order valence-electron chi connectivity index (χ1n) is 14.6. The van der Waals surface area contributed by atoms with Crippen molar-refractivity contribution in [2.24, 2.45) is 11.3 Å². The minimum absolute atomic E-state index is 0.194. The number of halogens is 2. The van der Waals surface area contributed by atoms with Crippen LogP contribution in [0.25, 0.3) is 0 Å². The van der Waals surface area contributed by atoms with E-state index in [2.05, 4.69) is 39.8 Å². The molecule has 4 aliphatic heterocycles. The Morgan fingerprint density at radius 2 is 1.93 bits per heavy atom. The van der Waals surface area contributed by atoms with Crippen LogP contribution in [0.4, 0.5) is 0 Å². The molecule has 2 atom stereocenters. The molecule has 2 spiro atoms. The molecule has 5 aliphatic rings. The Bertz CT molecular complexity index is 1100. The van der Waals surface area contributed by atoms with E-state index in [1.165, 1.54) is 24.0 Å². The van der Waals surface area contributed by atoms with Gasteiger partial charge in [0.05, 0.1) is 5.60 Å². The molecule has 5 heterocycles. The van der Waals surface area contributed by atoms with E-state index in [1.807, 2.05) is 12.2 Å². The average Bonchev–Trinajstić information content (AvgIpc) is 3.66. The first-order chi connectivity index (χ1) is 19.3. The Balaban J connectivity index is 0.000000162. The molecule has 6 nitrogen and oxygen atoms in total. The maximum absolute atomic E-state index is 11.6. The quantitative estimate of drug-likeness (QED) is 0.423. The van der Waals surface area contributed by atoms with Gasteiger partial charge in [-0.05, 0) is 98.5 Å². The second-order valence-electron chi connectivity index (χ2n) is 12.3. The maximum Gasteiger partial charge on any atom is 0.333 e. The number of aliphatic carboxylic acids is 1. The van der Waals surface area contributed by atoms with Crippen LogP contribution in [0, 0.1) is 11.3 Å². The van der Waals surface area contributed by atoms with E-state index >= 15 is 0 Å². The normalized spacial score (nSPS) is 28.4. The number of carboxylic acid groups (broad SMARTS) is 1. The first kappa shape index (κ1) is 30.3. The number of hydrogen-bond acceptors (Lipinski definition) is 6. The highest BCUT2D eigenvalue weighted by Crippen LogP contribution is 2.53. The van der Waals surface area contributed by atoms with E-state index < -0.39 is 12.1 Å². The molecule has 1 aliphatic carbocycles. The van der Waals surface area contributed by atoms with Gasteiger partial charge >= 0.3 is 5.97 Å². The molecule has 4 fully saturated rings. The van der Waals surface area contributed by atoms with Gasteiger partial charge in [0.25, 0.3) is 0 Å². The second-order valence-corrected chi connectivity index (χ2v) is 13.9. The summed E-state index contributed by atoms with van der Waals surface area (Å²) in [5.41, 5.74) is 2.27. The van der Waals surface area contributed by atoms with Crippen molar-refractivity contribution in [1.82, 2.24) is 9.80 Å². The van der Waals surface area contributed by atoms with E-state index in [1.54, 1.807) is 11.3 Å². The molecule has 1 aromatic heterocycles. The third kappa shape index (κ3) is 7.41. The SMILES string of the molecule is CN1CCC2(CC1)CC1(CCOCC1)C(C(=O)O)O2.ClC1=CC=C(CN2CC[C@@H](Cc3ccsc3)C2)C(Cl)=CC1. The van der Waals surface area contributed by atoms with Gasteiger partial charge in [-0.25, -0.2) is 4.79 Å². The van der Waals surface area contributed by atoms with Crippen molar-refractivity contribution in [3.8, 4) is 0 Å². The maximum atomic E-state index is 11.6. The van der Waals surface area contributed by atoms with Crippen molar-refractivity contribution >= 4 is 40.5 Å². The van der Waals surface area contributed by atoms with Gasteiger partial charge in [0.2, 0.25) is 0 Å². The summed E-state index contributed by atoms with van der Waals surface area (Å²) in [5.74, 6) is -0.0226. The molecule has 0 radical (unpaired) electrons. The summed E-state index contributed by atoms with van der Waals surface area (Å²) in [5, 5.41) is 15.7. The summed E-state index contributed by atoms with van der Waals surface area (Å²) in [6.45, 7) is 6.59. The smallest absolute Gasteiger partial charge is 0.333 e. The number of carbonyl (C=O) groups is 1. The van der Waals surface area contributed by atoms with Crippen LogP contribution in [0.1, 0.15) is 50.5 Å². The predicted molar refractivity (Wildman–Crippen MR) is 162 cm³/mol. The van der Waals surface area contributed by atoms with Gasteiger partial charge < -0.3 is 19.5 Å². The lowest BCUT2D eigenvalue weighted by atomic mass is 9.69. The Labute approximate surface area is 252 Å². The van der Waals surface area contributed by atoms with Crippen LogP contribution in [-0.2, 0) is 20.7 Å². The summed E-state index contributed by atoms with van der Waals surface area (Å²) in [6, 6.07) is 2.24. The zero-order valence-corrected chi connectivity index (χ0v) is 25.8. The van der Waals surface area contributed by atoms with Gasteiger partial charge in [0.1, 0.15) is 0 Å². The van der Waals surface area contributed by atoms with Gasteiger partial charge in [0, 0.05) is 61.3 Å². The van der Waals surface area contributed by atoms with Gasteiger partial charge in [-0.3, -0.25) is 4.90 Å². The van der Waals surface area contributed by atoms with Crippen LogP contribution >= 0.6 is 34.5 Å². The standard InChI is InChI=1S/C17H19Cl2NS.C14H23NO4/c18-16-2-1-15(17(19)4-3-16)11-20-7-5-13(10-20)9-14-6-8-21-12-14;1-15-6-2-14(3-7-15)10-13(4-8-18-9-5-13)11(19-14)12(16)17/h1-2,4,6,8,12-13H,3,5,7,9-11H2;11H,2-10H2,1H3,(H,16,17)/t13-;/m0./s1. The molecule has 40 heavy (non-hydrogen) atoms. The number of ether oxygens (including phenoxy) is 2. The van der Waals surface area contributed by atoms with Gasteiger partial charge in [-0.1, -0.05) is 35.4 Å². The first-order valence-corrected chi connectivity index (χ1v) is 16.3. The topological polar surface area (TPSA) is 62.2 Å². The summed E-state index contributed by atoms with van der Waals surface area (Å²) in [6.07, 6.45) is 13.1. The van der Waals surface area contributed by atoms with Crippen LogP contribution < -0.4 is 0 Å². The lowest BCUT2D eigenvalue weighted by Crippen LogP contribution is -2.43. The molecule has 0 bridgehead atoms. The van der Waals surface area contributed by atoms with E-state index in [0.29, 0.717) is 13.2 Å². The molecule has 1 unspecified atom stereocenters. The molecular weight excluding hydrogens is 567 g/mol. The highest BCUT2D eigenvalue weighted by Gasteiger charge is 2.59.